The molecule has 0 atom stereocenters. The molecule has 0 aliphatic heterocycles. The van der Waals surface area contributed by atoms with Crippen LogP contribution in [0.25, 0.3) is 17.7 Å². The van der Waals surface area contributed by atoms with Crippen LogP contribution in [-0.2, 0) is 0 Å². The molecule has 2 heteroatoms. The number of fused-ring (bicyclic) bond motifs is 2. The van der Waals surface area contributed by atoms with Crippen molar-refractivity contribution in [2.45, 2.75) is 53.4 Å². The Balaban J connectivity index is 0.00000129. The smallest absolute Gasteiger partial charge is 0.0141 e. The fourth-order valence-corrected chi connectivity index (χ4v) is 3.22. The zero-order valence-corrected chi connectivity index (χ0v) is 19.7. The lowest BCUT2D eigenvalue weighted by Crippen LogP contribution is -2.05. The average Bonchev–Trinajstić information content (AvgIpc) is 2.99. The molecular weight excluding hydrogens is 364 g/mol. The van der Waals surface area contributed by atoms with E-state index in [4.69, 9.17) is 0 Å². The Morgan fingerprint density at radius 1 is 0.767 bits per heavy atom. The summed E-state index contributed by atoms with van der Waals surface area (Å²) in [5.74, 6) is 0. The summed E-state index contributed by atoms with van der Waals surface area (Å²) in [6.45, 7) is 12.7. The van der Waals surface area contributed by atoms with E-state index >= 15 is 0 Å². The van der Waals surface area contributed by atoms with Crippen molar-refractivity contribution in [3.8, 4) is 0 Å². The fraction of sp³-hybridized carbons (Fsp3) is 0.357. The van der Waals surface area contributed by atoms with E-state index in [1.54, 1.807) is 6.20 Å². The molecule has 0 spiro atoms. The Hall–Kier alpha value is -2.58. The van der Waals surface area contributed by atoms with E-state index in [9.17, 15) is 0 Å². The predicted octanol–water partition coefficient (Wildman–Crippen LogP) is 7.52. The molecular formula is C28H42N2. The van der Waals surface area contributed by atoms with Crippen LogP contribution in [0.15, 0.2) is 67.4 Å². The van der Waals surface area contributed by atoms with E-state index < -0.39 is 0 Å². The van der Waals surface area contributed by atoms with Crippen molar-refractivity contribution in [3.05, 3.63) is 89.6 Å². The van der Waals surface area contributed by atoms with Crippen LogP contribution in [0.3, 0.4) is 0 Å². The van der Waals surface area contributed by atoms with Crippen LogP contribution in [0.2, 0.25) is 0 Å². The van der Waals surface area contributed by atoms with Crippen molar-refractivity contribution in [1.29, 1.82) is 0 Å². The van der Waals surface area contributed by atoms with Crippen molar-refractivity contribution < 1.29 is 0 Å². The Bertz CT molecular complexity index is 705. The Morgan fingerprint density at radius 3 is 1.77 bits per heavy atom. The minimum atomic E-state index is 1.02. The highest BCUT2D eigenvalue weighted by Crippen LogP contribution is 2.34. The second-order valence-corrected chi connectivity index (χ2v) is 6.13. The van der Waals surface area contributed by atoms with Gasteiger partial charge in [0.1, 0.15) is 0 Å². The normalized spacial score (nSPS) is 10.3. The molecule has 0 fully saturated rings. The van der Waals surface area contributed by atoms with Gasteiger partial charge in [-0.1, -0.05) is 107 Å². The van der Waals surface area contributed by atoms with Gasteiger partial charge in [0.15, 0.2) is 0 Å². The van der Waals surface area contributed by atoms with Gasteiger partial charge in [0.25, 0.3) is 0 Å². The maximum Gasteiger partial charge on any atom is 0.0141 e. The Kier molecular flexibility index (Phi) is 16.9. The minimum absolute atomic E-state index is 1.02. The third-order valence-corrected chi connectivity index (χ3v) is 4.46. The molecule has 0 saturated heterocycles. The van der Waals surface area contributed by atoms with Gasteiger partial charge < -0.3 is 11.1 Å². The largest absolute Gasteiger partial charge is 0.391 e. The second kappa shape index (κ2) is 18.4. The van der Waals surface area contributed by atoms with Crippen LogP contribution in [-0.4, -0.2) is 13.6 Å². The lowest BCUT2D eigenvalue weighted by molar-refractivity contribution is 0.661. The second-order valence-electron chi connectivity index (χ2n) is 6.13. The third kappa shape index (κ3) is 8.84. The number of nitrogens with two attached hydrogens (primary N) is 1. The maximum atomic E-state index is 4.50. The van der Waals surface area contributed by atoms with Crippen LogP contribution in [0.1, 0.15) is 75.6 Å². The number of rotatable bonds is 7. The zero-order valence-electron chi connectivity index (χ0n) is 19.7. The summed E-state index contributed by atoms with van der Waals surface area (Å²) in [7, 11) is 1.50. The summed E-state index contributed by atoms with van der Waals surface area (Å²) in [6.07, 6.45) is 13.4. The standard InChI is InChI=1S/C23H25N.2C2H6.CH5N/c1-2-24-18-10-4-3-5-15-23-21-13-8-6-11-19(21)16-17-20-12-7-9-14-22(20)23;3*1-2/h2,6-9,11-17,24H,1,3-5,10,18H2;2*1-2H3;2H2,1H3. The Labute approximate surface area is 185 Å². The highest BCUT2D eigenvalue weighted by Gasteiger charge is 2.13. The molecule has 164 valence electrons. The SMILES string of the molecule is C=CNCCCCCC=C1c2ccccc2C=Cc2ccccc21.CC.CC.CN. The molecule has 1 aliphatic carbocycles. The highest BCUT2D eigenvalue weighted by molar-refractivity contribution is 5.93. The summed E-state index contributed by atoms with van der Waals surface area (Å²) in [4.78, 5) is 0. The van der Waals surface area contributed by atoms with Crippen LogP contribution in [0, 0.1) is 0 Å². The predicted molar refractivity (Wildman–Crippen MR) is 138 cm³/mol. The first-order chi connectivity index (χ1) is 14.9. The molecule has 2 nitrogen and oxygen atoms in total. The van der Waals surface area contributed by atoms with Crippen LogP contribution >= 0.6 is 0 Å². The van der Waals surface area contributed by atoms with E-state index in [0.29, 0.717) is 0 Å². The van der Waals surface area contributed by atoms with E-state index in [1.807, 2.05) is 27.7 Å². The topological polar surface area (TPSA) is 38.0 Å². The van der Waals surface area contributed by atoms with E-state index in [0.717, 1.165) is 13.0 Å². The van der Waals surface area contributed by atoms with Gasteiger partial charge in [-0.05, 0) is 60.3 Å². The molecule has 2 aromatic rings. The van der Waals surface area contributed by atoms with Gasteiger partial charge in [0.2, 0.25) is 0 Å². The quantitative estimate of drug-likeness (QED) is 0.398. The van der Waals surface area contributed by atoms with Gasteiger partial charge in [-0.3, -0.25) is 0 Å². The molecule has 1 aliphatic rings. The van der Waals surface area contributed by atoms with Crippen LogP contribution in [0.5, 0.6) is 0 Å². The molecule has 30 heavy (non-hydrogen) atoms. The molecule has 0 saturated carbocycles. The third-order valence-electron chi connectivity index (χ3n) is 4.46. The number of unbranched alkanes of at least 4 members (excludes halogenated alkanes) is 3. The Morgan fingerprint density at radius 2 is 1.27 bits per heavy atom. The van der Waals surface area contributed by atoms with Crippen molar-refractivity contribution in [2.75, 3.05) is 13.6 Å². The van der Waals surface area contributed by atoms with Gasteiger partial charge in [0.05, 0.1) is 0 Å². The van der Waals surface area contributed by atoms with Crippen LogP contribution in [0.4, 0.5) is 0 Å². The monoisotopic (exact) mass is 406 g/mol. The summed E-state index contributed by atoms with van der Waals surface area (Å²) >= 11 is 0. The van der Waals surface area contributed by atoms with E-state index in [2.05, 4.69) is 84.4 Å². The fourth-order valence-electron chi connectivity index (χ4n) is 3.22. The molecule has 0 unspecified atom stereocenters. The molecule has 2 aromatic carbocycles. The first-order valence-corrected chi connectivity index (χ1v) is 11.4. The summed E-state index contributed by atoms with van der Waals surface area (Å²) < 4.78 is 0. The average molecular weight is 407 g/mol. The van der Waals surface area contributed by atoms with Crippen molar-refractivity contribution in [1.82, 2.24) is 5.32 Å². The van der Waals surface area contributed by atoms with E-state index in [-0.39, 0.29) is 0 Å². The summed E-state index contributed by atoms with van der Waals surface area (Å²) in [6, 6.07) is 17.4. The van der Waals surface area contributed by atoms with Gasteiger partial charge in [0, 0.05) is 6.54 Å². The molecule has 0 heterocycles. The molecule has 3 N–H and O–H groups in total. The molecule has 0 amide bonds. The van der Waals surface area contributed by atoms with E-state index in [1.165, 1.54) is 54.1 Å². The van der Waals surface area contributed by atoms with Crippen LogP contribution < -0.4 is 11.1 Å². The lowest BCUT2D eigenvalue weighted by Gasteiger charge is -2.12. The molecule has 0 radical (unpaired) electrons. The summed E-state index contributed by atoms with van der Waals surface area (Å²) in [5, 5.41) is 3.16. The van der Waals surface area contributed by atoms with Gasteiger partial charge in [-0.2, -0.15) is 0 Å². The number of allylic oxidation sites excluding steroid dienone is 1. The van der Waals surface area contributed by atoms with Gasteiger partial charge in [-0.25, -0.2) is 0 Å². The molecule has 3 rings (SSSR count). The van der Waals surface area contributed by atoms with Gasteiger partial charge in [-0.15, -0.1) is 0 Å². The first kappa shape index (κ1) is 27.4. The zero-order chi connectivity index (χ0) is 22.6. The number of benzene rings is 2. The number of hydrogen-bond donors (Lipinski definition) is 2. The summed E-state index contributed by atoms with van der Waals surface area (Å²) in [5.41, 5.74) is 11.2. The number of nitrogens with one attached hydrogen (secondary N) is 1. The highest BCUT2D eigenvalue weighted by atomic mass is 14.8. The van der Waals surface area contributed by atoms with Crippen molar-refractivity contribution in [3.63, 3.8) is 0 Å². The number of hydrogen-bond acceptors (Lipinski definition) is 2. The lowest BCUT2D eigenvalue weighted by atomic mass is 9.92. The van der Waals surface area contributed by atoms with Crippen molar-refractivity contribution in [2.24, 2.45) is 5.73 Å². The first-order valence-electron chi connectivity index (χ1n) is 11.4. The van der Waals surface area contributed by atoms with Crippen molar-refractivity contribution >= 4 is 17.7 Å². The van der Waals surface area contributed by atoms with Gasteiger partial charge >= 0.3 is 0 Å². The maximum absolute atomic E-state index is 4.50. The molecule has 0 bridgehead atoms. The molecule has 0 aromatic heterocycles. The minimum Gasteiger partial charge on any atom is -0.391 e.